The molecular formula is C12H20N2. The highest BCUT2D eigenvalue weighted by molar-refractivity contribution is 5.56. The van der Waals surface area contributed by atoms with Crippen molar-refractivity contribution in [2.75, 3.05) is 5.73 Å². The number of nitrogens with two attached hydrogens (primary N) is 2. The van der Waals surface area contributed by atoms with Gasteiger partial charge in [0.15, 0.2) is 0 Å². The maximum atomic E-state index is 6.10. The van der Waals surface area contributed by atoms with Gasteiger partial charge in [-0.1, -0.05) is 31.5 Å². The van der Waals surface area contributed by atoms with Crippen LogP contribution in [0.1, 0.15) is 36.6 Å². The summed E-state index contributed by atoms with van der Waals surface area (Å²) in [6.45, 7) is 8.32. The molecule has 1 aromatic carbocycles. The number of benzene rings is 1. The standard InChI is InChI=1S/C12H20N2/c1-7(2)11(13)10-6-8(3)5-9(4)12(10)14/h5-7,11H,13-14H2,1-4H3. The lowest BCUT2D eigenvalue weighted by atomic mass is 9.92. The van der Waals surface area contributed by atoms with E-state index in [2.05, 4.69) is 32.9 Å². The van der Waals surface area contributed by atoms with Crippen LogP contribution in [0, 0.1) is 19.8 Å². The van der Waals surface area contributed by atoms with Gasteiger partial charge in [0.1, 0.15) is 0 Å². The van der Waals surface area contributed by atoms with Gasteiger partial charge in [-0.25, -0.2) is 0 Å². The molecule has 0 heterocycles. The highest BCUT2D eigenvalue weighted by Crippen LogP contribution is 2.28. The van der Waals surface area contributed by atoms with Crippen LogP contribution in [0.3, 0.4) is 0 Å². The van der Waals surface area contributed by atoms with Gasteiger partial charge >= 0.3 is 0 Å². The Morgan fingerprint density at radius 2 is 1.71 bits per heavy atom. The summed E-state index contributed by atoms with van der Waals surface area (Å²) in [6.07, 6.45) is 0. The third-order valence-corrected chi connectivity index (χ3v) is 2.64. The molecule has 0 saturated carbocycles. The molecule has 0 aromatic heterocycles. The average Bonchev–Trinajstić information content (AvgIpc) is 2.09. The first-order valence-corrected chi connectivity index (χ1v) is 5.05. The number of rotatable bonds is 2. The molecule has 0 aliphatic rings. The molecule has 2 heteroatoms. The van der Waals surface area contributed by atoms with Crippen molar-refractivity contribution in [3.05, 3.63) is 28.8 Å². The third kappa shape index (κ3) is 2.07. The molecule has 14 heavy (non-hydrogen) atoms. The molecule has 0 saturated heterocycles. The van der Waals surface area contributed by atoms with Gasteiger partial charge in [-0.15, -0.1) is 0 Å². The third-order valence-electron chi connectivity index (χ3n) is 2.64. The maximum absolute atomic E-state index is 6.10. The van der Waals surface area contributed by atoms with Gasteiger partial charge in [0.25, 0.3) is 0 Å². The van der Waals surface area contributed by atoms with Crippen LogP contribution in [0.25, 0.3) is 0 Å². The molecular weight excluding hydrogens is 172 g/mol. The Balaban J connectivity index is 3.20. The minimum Gasteiger partial charge on any atom is -0.398 e. The molecule has 4 N–H and O–H groups in total. The maximum Gasteiger partial charge on any atom is 0.0392 e. The van der Waals surface area contributed by atoms with Gasteiger partial charge in [-0.2, -0.15) is 0 Å². The Morgan fingerprint density at radius 3 is 2.21 bits per heavy atom. The van der Waals surface area contributed by atoms with Crippen LogP contribution in [0.4, 0.5) is 5.69 Å². The summed E-state index contributed by atoms with van der Waals surface area (Å²) in [7, 11) is 0. The van der Waals surface area contributed by atoms with E-state index in [9.17, 15) is 0 Å². The van der Waals surface area contributed by atoms with E-state index >= 15 is 0 Å². The molecule has 0 bridgehead atoms. The van der Waals surface area contributed by atoms with Crippen molar-refractivity contribution in [2.45, 2.75) is 33.7 Å². The van der Waals surface area contributed by atoms with E-state index in [4.69, 9.17) is 11.5 Å². The van der Waals surface area contributed by atoms with E-state index in [0.29, 0.717) is 5.92 Å². The monoisotopic (exact) mass is 192 g/mol. The van der Waals surface area contributed by atoms with Gasteiger partial charge < -0.3 is 11.5 Å². The molecule has 78 valence electrons. The highest BCUT2D eigenvalue weighted by Gasteiger charge is 2.14. The lowest BCUT2D eigenvalue weighted by Crippen LogP contribution is -2.18. The van der Waals surface area contributed by atoms with E-state index in [1.807, 2.05) is 6.92 Å². The second-order valence-electron chi connectivity index (χ2n) is 4.35. The smallest absolute Gasteiger partial charge is 0.0392 e. The number of hydrogen-bond acceptors (Lipinski definition) is 2. The summed E-state index contributed by atoms with van der Waals surface area (Å²) in [6, 6.07) is 4.22. The second kappa shape index (κ2) is 4.01. The summed E-state index contributed by atoms with van der Waals surface area (Å²) < 4.78 is 0. The van der Waals surface area contributed by atoms with Crippen LogP contribution in [-0.2, 0) is 0 Å². The van der Waals surface area contributed by atoms with Crippen LogP contribution in [0.5, 0.6) is 0 Å². The van der Waals surface area contributed by atoms with E-state index in [1.165, 1.54) is 5.56 Å². The molecule has 1 atom stereocenters. The minimum absolute atomic E-state index is 0.0357. The summed E-state index contributed by atoms with van der Waals surface area (Å²) >= 11 is 0. The zero-order valence-electron chi connectivity index (χ0n) is 9.46. The summed E-state index contributed by atoms with van der Waals surface area (Å²) in [5.74, 6) is 0.415. The molecule has 2 nitrogen and oxygen atoms in total. The van der Waals surface area contributed by atoms with Gasteiger partial charge in [-0.05, 0) is 30.9 Å². The van der Waals surface area contributed by atoms with Gasteiger partial charge in [0, 0.05) is 11.7 Å². The van der Waals surface area contributed by atoms with Crippen LogP contribution in [0.2, 0.25) is 0 Å². The average molecular weight is 192 g/mol. The minimum atomic E-state index is 0.0357. The Labute approximate surface area is 86.3 Å². The van der Waals surface area contributed by atoms with Gasteiger partial charge in [0.05, 0.1) is 0 Å². The Hall–Kier alpha value is -1.02. The number of hydrogen-bond donors (Lipinski definition) is 2. The Morgan fingerprint density at radius 1 is 1.14 bits per heavy atom. The van der Waals surface area contributed by atoms with Crippen molar-refractivity contribution in [3.63, 3.8) is 0 Å². The predicted octanol–water partition coefficient (Wildman–Crippen LogP) is 2.54. The predicted molar refractivity (Wildman–Crippen MR) is 62.1 cm³/mol. The summed E-state index contributed by atoms with van der Waals surface area (Å²) in [5, 5.41) is 0. The van der Waals surface area contributed by atoms with Crippen molar-refractivity contribution >= 4 is 5.69 Å². The van der Waals surface area contributed by atoms with Crippen molar-refractivity contribution < 1.29 is 0 Å². The lowest BCUT2D eigenvalue weighted by Gasteiger charge is -2.20. The fraction of sp³-hybridized carbons (Fsp3) is 0.500. The fourth-order valence-electron chi connectivity index (χ4n) is 1.65. The molecule has 1 rings (SSSR count). The van der Waals surface area contributed by atoms with Gasteiger partial charge in [0.2, 0.25) is 0 Å². The van der Waals surface area contributed by atoms with Crippen molar-refractivity contribution in [1.82, 2.24) is 0 Å². The normalized spacial score (nSPS) is 13.3. The zero-order chi connectivity index (χ0) is 10.9. The fourth-order valence-corrected chi connectivity index (χ4v) is 1.65. The molecule has 0 aliphatic heterocycles. The topological polar surface area (TPSA) is 52.0 Å². The number of aryl methyl sites for hydroxylation is 2. The molecule has 1 unspecified atom stereocenters. The Bertz CT molecular complexity index is 329. The lowest BCUT2D eigenvalue weighted by molar-refractivity contribution is 0.515. The molecule has 0 aliphatic carbocycles. The molecule has 0 fully saturated rings. The van der Waals surface area contributed by atoms with Crippen LogP contribution in [0.15, 0.2) is 12.1 Å². The quantitative estimate of drug-likeness (QED) is 0.707. The van der Waals surface area contributed by atoms with E-state index < -0.39 is 0 Å². The molecule has 0 amide bonds. The molecule has 0 spiro atoms. The van der Waals surface area contributed by atoms with Crippen LogP contribution >= 0.6 is 0 Å². The molecule has 1 aromatic rings. The number of nitrogen functional groups attached to an aromatic ring is 1. The van der Waals surface area contributed by atoms with Crippen molar-refractivity contribution in [1.29, 1.82) is 0 Å². The van der Waals surface area contributed by atoms with Crippen LogP contribution < -0.4 is 11.5 Å². The van der Waals surface area contributed by atoms with Crippen molar-refractivity contribution in [2.24, 2.45) is 11.7 Å². The largest absolute Gasteiger partial charge is 0.398 e. The first-order valence-electron chi connectivity index (χ1n) is 5.05. The number of anilines is 1. The van der Waals surface area contributed by atoms with Crippen LogP contribution in [-0.4, -0.2) is 0 Å². The SMILES string of the molecule is Cc1cc(C)c(N)c(C(N)C(C)C)c1. The highest BCUT2D eigenvalue weighted by atomic mass is 14.7. The van der Waals surface area contributed by atoms with Gasteiger partial charge in [-0.3, -0.25) is 0 Å². The summed E-state index contributed by atoms with van der Waals surface area (Å²) in [4.78, 5) is 0. The second-order valence-corrected chi connectivity index (χ2v) is 4.35. The first kappa shape index (κ1) is 11.1. The molecule has 0 radical (unpaired) electrons. The van der Waals surface area contributed by atoms with Crippen molar-refractivity contribution in [3.8, 4) is 0 Å². The first-order chi connectivity index (χ1) is 6.43. The zero-order valence-corrected chi connectivity index (χ0v) is 9.46. The van der Waals surface area contributed by atoms with E-state index in [-0.39, 0.29) is 6.04 Å². The van der Waals surface area contributed by atoms with E-state index in [0.717, 1.165) is 16.8 Å². The van der Waals surface area contributed by atoms with E-state index in [1.54, 1.807) is 0 Å². The summed E-state index contributed by atoms with van der Waals surface area (Å²) in [5.41, 5.74) is 16.4. The Kier molecular flexibility index (Phi) is 3.17.